The van der Waals surface area contributed by atoms with Gasteiger partial charge < -0.3 is 4.74 Å². The van der Waals surface area contributed by atoms with Gasteiger partial charge in [0.25, 0.3) is 0 Å². The highest BCUT2D eigenvalue weighted by Crippen LogP contribution is 2.36. The first-order valence-corrected chi connectivity index (χ1v) is 3.75. The molecule has 0 saturated carbocycles. The van der Waals surface area contributed by atoms with Crippen molar-refractivity contribution in [1.82, 2.24) is 0 Å². The molecule has 0 N–H and O–H groups in total. The lowest BCUT2D eigenvalue weighted by Crippen LogP contribution is -2.10. The maximum atomic E-state index is 5.35. The molecule has 47 valence electrons. The Balaban J connectivity index is 2.39. The monoisotopic (exact) mass is 131 g/mol. The van der Waals surface area contributed by atoms with E-state index >= 15 is 0 Å². The molecule has 1 aliphatic rings. The Morgan fingerprint density at radius 3 is 2.25 bits per heavy atom. The van der Waals surface area contributed by atoms with E-state index < -0.39 is 0 Å². The summed E-state index contributed by atoms with van der Waals surface area (Å²) in [5.74, 6) is 0. The number of ether oxygens (including phenoxy) is 1. The van der Waals surface area contributed by atoms with Crippen LogP contribution in [0.1, 0.15) is 20.8 Å². The van der Waals surface area contributed by atoms with Crippen LogP contribution in [0, 0.1) is 5.44 Å². The van der Waals surface area contributed by atoms with E-state index in [1.165, 1.54) is 0 Å². The van der Waals surface area contributed by atoms with Crippen LogP contribution in [0.25, 0.3) is 0 Å². The third-order valence-electron chi connectivity index (χ3n) is 1.36. The van der Waals surface area contributed by atoms with Crippen molar-refractivity contribution >= 4 is 11.8 Å². The molecular formula is C6H11OS. The molecule has 1 rings (SSSR count). The minimum absolute atomic E-state index is 0.417. The highest BCUT2D eigenvalue weighted by Gasteiger charge is 2.26. The van der Waals surface area contributed by atoms with E-state index in [1.54, 1.807) is 0 Å². The highest BCUT2D eigenvalue weighted by atomic mass is 32.2. The third kappa shape index (κ3) is 1.17. The standard InChI is InChI=1S/C6H11OS/c1-4-5(2)8-6(3)7-4/h4-5H,1-3H3. The van der Waals surface area contributed by atoms with E-state index in [0.717, 1.165) is 5.44 Å². The van der Waals surface area contributed by atoms with Crippen LogP contribution in [-0.2, 0) is 4.74 Å². The van der Waals surface area contributed by atoms with Crippen molar-refractivity contribution in [2.24, 2.45) is 0 Å². The predicted molar refractivity (Wildman–Crippen MR) is 36.5 cm³/mol. The fourth-order valence-corrected chi connectivity index (χ4v) is 1.72. The first-order chi connectivity index (χ1) is 3.70. The van der Waals surface area contributed by atoms with Crippen molar-refractivity contribution in [3.05, 3.63) is 5.44 Å². The van der Waals surface area contributed by atoms with E-state index in [9.17, 15) is 0 Å². The van der Waals surface area contributed by atoms with Crippen molar-refractivity contribution in [2.45, 2.75) is 32.1 Å². The van der Waals surface area contributed by atoms with Gasteiger partial charge in [-0.3, -0.25) is 0 Å². The molecule has 2 heteroatoms. The molecule has 0 aliphatic carbocycles. The lowest BCUT2D eigenvalue weighted by molar-refractivity contribution is 0.131. The van der Waals surface area contributed by atoms with Crippen LogP contribution in [0.3, 0.4) is 0 Å². The summed E-state index contributed by atoms with van der Waals surface area (Å²) in [7, 11) is 0. The fourth-order valence-electron chi connectivity index (χ4n) is 0.743. The summed E-state index contributed by atoms with van der Waals surface area (Å²) in [4.78, 5) is 0. The Morgan fingerprint density at radius 2 is 2.12 bits per heavy atom. The zero-order valence-corrected chi connectivity index (χ0v) is 6.29. The van der Waals surface area contributed by atoms with E-state index in [0.29, 0.717) is 11.4 Å². The van der Waals surface area contributed by atoms with Crippen LogP contribution in [0.5, 0.6) is 0 Å². The first kappa shape index (κ1) is 6.43. The van der Waals surface area contributed by atoms with Crippen molar-refractivity contribution in [1.29, 1.82) is 0 Å². The van der Waals surface area contributed by atoms with Crippen LogP contribution in [-0.4, -0.2) is 11.4 Å². The second-order valence-electron chi connectivity index (χ2n) is 2.14. The Kier molecular flexibility index (Phi) is 1.83. The summed E-state index contributed by atoms with van der Waals surface area (Å²) >= 11 is 1.82. The van der Waals surface area contributed by atoms with Gasteiger partial charge >= 0.3 is 0 Å². The SMILES string of the molecule is C[C]1OC(C)C(C)S1. The largest absolute Gasteiger partial charge is 0.357 e. The van der Waals surface area contributed by atoms with Crippen LogP contribution in [0.2, 0.25) is 0 Å². The second-order valence-corrected chi connectivity index (χ2v) is 3.69. The van der Waals surface area contributed by atoms with Gasteiger partial charge in [-0.15, -0.1) is 11.8 Å². The average molecular weight is 131 g/mol. The molecule has 0 aromatic rings. The van der Waals surface area contributed by atoms with E-state index in [1.807, 2.05) is 18.7 Å². The summed E-state index contributed by atoms with van der Waals surface area (Å²) < 4.78 is 5.35. The fraction of sp³-hybridized carbons (Fsp3) is 0.833. The average Bonchev–Trinajstić information content (AvgIpc) is 1.85. The Labute approximate surface area is 54.8 Å². The molecule has 0 aromatic carbocycles. The number of hydrogen-bond donors (Lipinski definition) is 0. The molecule has 0 spiro atoms. The minimum Gasteiger partial charge on any atom is -0.357 e. The van der Waals surface area contributed by atoms with E-state index in [-0.39, 0.29) is 0 Å². The third-order valence-corrected chi connectivity index (χ3v) is 2.55. The van der Waals surface area contributed by atoms with E-state index in [2.05, 4.69) is 13.8 Å². The molecular weight excluding hydrogens is 120 g/mol. The lowest BCUT2D eigenvalue weighted by atomic mass is 10.3. The van der Waals surface area contributed by atoms with Crippen molar-refractivity contribution < 1.29 is 4.74 Å². The van der Waals surface area contributed by atoms with Gasteiger partial charge in [0.15, 0.2) is 0 Å². The van der Waals surface area contributed by atoms with Crippen LogP contribution >= 0.6 is 11.8 Å². The van der Waals surface area contributed by atoms with E-state index in [4.69, 9.17) is 4.74 Å². The van der Waals surface area contributed by atoms with Gasteiger partial charge in [-0.2, -0.15) is 0 Å². The lowest BCUT2D eigenvalue weighted by Gasteiger charge is -2.03. The predicted octanol–water partition coefficient (Wildman–Crippen LogP) is 2.04. The Morgan fingerprint density at radius 1 is 1.50 bits per heavy atom. The Bertz CT molecular complexity index is 74.6. The quantitative estimate of drug-likeness (QED) is 0.497. The van der Waals surface area contributed by atoms with Crippen LogP contribution < -0.4 is 0 Å². The number of rotatable bonds is 0. The van der Waals surface area contributed by atoms with Gasteiger partial charge in [0.05, 0.1) is 6.10 Å². The molecule has 0 bridgehead atoms. The molecule has 2 unspecified atom stereocenters. The normalized spacial score (nSPS) is 40.9. The molecule has 1 radical (unpaired) electrons. The molecule has 1 saturated heterocycles. The molecule has 1 fully saturated rings. The van der Waals surface area contributed by atoms with Gasteiger partial charge in [0, 0.05) is 5.25 Å². The molecule has 0 amide bonds. The number of thioether (sulfide) groups is 1. The number of hydrogen-bond acceptors (Lipinski definition) is 2. The Hall–Kier alpha value is 0.310. The smallest absolute Gasteiger partial charge is 0.149 e. The molecule has 1 nitrogen and oxygen atoms in total. The minimum atomic E-state index is 0.417. The van der Waals surface area contributed by atoms with Gasteiger partial charge in [0.1, 0.15) is 5.44 Å². The van der Waals surface area contributed by atoms with Gasteiger partial charge in [0.2, 0.25) is 0 Å². The topological polar surface area (TPSA) is 9.23 Å². The summed E-state index contributed by atoms with van der Waals surface area (Å²) in [6.07, 6.45) is 0.417. The summed E-state index contributed by atoms with van der Waals surface area (Å²) in [6.45, 7) is 6.31. The maximum absolute atomic E-state index is 5.35. The van der Waals surface area contributed by atoms with Crippen molar-refractivity contribution in [3.63, 3.8) is 0 Å². The molecule has 0 aromatic heterocycles. The molecule has 2 atom stereocenters. The first-order valence-electron chi connectivity index (χ1n) is 2.87. The van der Waals surface area contributed by atoms with Crippen molar-refractivity contribution in [3.8, 4) is 0 Å². The molecule has 1 heterocycles. The van der Waals surface area contributed by atoms with Gasteiger partial charge in [-0.25, -0.2) is 0 Å². The second kappa shape index (κ2) is 2.28. The molecule has 1 aliphatic heterocycles. The summed E-state index contributed by atoms with van der Waals surface area (Å²) in [5, 5.41) is 0.648. The zero-order chi connectivity index (χ0) is 6.15. The zero-order valence-electron chi connectivity index (χ0n) is 5.47. The van der Waals surface area contributed by atoms with Crippen LogP contribution in [0.4, 0.5) is 0 Å². The highest BCUT2D eigenvalue weighted by molar-refractivity contribution is 8.02. The summed E-state index contributed by atoms with van der Waals surface area (Å²) in [6, 6.07) is 0. The van der Waals surface area contributed by atoms with Gasteiger partial charge in [-0.1, -0.05) is 6.92 Å². The van der Waals surface area contributed by atoms with Gasteiger partial charge in [-0.05, 0) is 13.8 Å². The summed E-state index contributed by atoms with van der Waals surface area (Å²) in [5.41, 5.74) is 1.12. The van der Waals surface area contributed by atoms with Crippen molar-refractivity contribution in [2.75, 3.05) is 0 Å². The van der Waals surface area contributed by atoms with Crippen LogP contribution in [0.15, 0.2) is 0 Å². The maximum Gasteiger partial charge on any atom is 0.149 e. The molecule has 8 heavy (non-hydrogen) atoms.